The molecule has 0 radical (unpaired) electrons. The van der Waals surface area contributed by atoms with Crippen molar-refractivity contribution in [1.29, 1.82) is 0 Å². The van der Waals surface area contributed by atoms with Gasteiger partial charge in [-0.3, -0.25) is 4.98 Å². The molecule has 0 aliphatic carbocycles. The zero-order valence-corrected chi connectivity index (χ0v) is 12.5. The molecule has 2 aromatic heterocycles. The molecule has 0 aliphatic heterocycles. The van der Waals surface area contributed by atoms with Crippen LogP contribution in [0.25, 0.3) is 22.3 Å². The second kappa shape index (κ2) is 6.47. The fourth-order valence-corrected chi connectivity index (χ4v) is 2.13. The van der Waals surface area contributed by atoms with Crippen LogP contribution in [0.3, 0.4) is 0 Å². The van der Waals surface area contributed by atoms with Crippen molar-refractivity contribution in [3.05, 3.63) is 54.0 Å². The number of nitrogens with two attached hydrogens (primary N) is 1. The first-order chi connectivity index (χ1) is 10.5. The molecule has 3 rings (SSSR count). The summed E-state index contributed by atoms with van der Waals surface area (Å²) in [6, 6.07) is 8.28. The van der Waals surface area contributed by atoms with Gasteiger partial charge in [-0.1, -0.05) is 12.1 Å². The molecule has 1 aromatic carbocycles. The van der Waals surface area contributed by atoms with Crippen LogP contribution in [0.15, 0.2) is 42.6 Å². The Labute approximate surface area is 136 Å². The highest BCUT2D eigenvalue weighted by Gasteiger charge is 2.30. The third-order valence-electron chi connectivity index (χ3n) is 3.17. The molecule has 0 fully saturated rings. The van der Waals surface area contributed by atoms with Gasteiger partial charge in [0.05, 0.1) is 17.6 Å². The van der Waals surface area contributed by atoms with Gasteiger partial charge in [0.1, 0.15) is 17.0 Å². The van der Waals surface area contributed by atoms with Crippen LogP contribution in [0.1, 0.15) is 11.4 Å². The smallest absolute Gasteiger partial charge is 0.324 e. The summed E-state index contributed by atoms with van der Waals surface area (Å²) in [6.07, 6.45) is -2.78. The summed E-state index contributed by atoms with van der Waals surface area (Å²) in [6.45, 7) is 0.137. The molecule has 0 amide bonds. The Kier molecular flexibility index (Phi) is 4.82. The van der Waals surface area contributed by atoms with E-state index in [2.05, 4.69) is 15.0 Å². The number of aromatic nitrogens is 3. The average Bonchev–Trinajstić information content (AvgIpc) is 2.53. The molecule has 120 valence electrons. The molecule has 8 heteroatoms. The Morgan fingerprint density at radius 2 is 1.70 bits per heavy atom. The molecule has 3 aromatic rings. The van der Waals surface area contributed by atoms with E-state index in [0.717, 1.165) is 12.1 Å². The summed E-state index contributed by atoms with van der Waals surface area (Å²) in [4.78, 5) is 12.8. The minimum absolute atomic E-state index is 0. The van der Waals surface area contributed by atoms with E-state index in [0.29, 0.717) is 28.1 Å². The monoisotopic (exact) mass is 340 g/mol. The minimum Gasteiger partial charge on any atom is -0.324 e. The van der Waals surface area contributed by atoms with Gasteiger partial charge in [0.15, 0.2) is 0 Å². The van der Waals surface area contributed by atoms with Gasteiger partial charge < -0.3 is 5.73 Å². The molecule has 23 heavy (non-hydrogen) atoms. The van der Waals surface area contributed by atoms with Gasteiger partial charge in [-0.05, 0) is 24.3 Å². The van der Waals surface area contributed by atoms with Crippen molar-refractivity contribution in [2.45, 2.75) is 12.7 Å². The molecule has 0 bridgehead atoms. The van der Waals surface area contributed by atoms with Crippen molar-refractivity contribution < 1.29 is 13.2 Å². The molecule has 2 heterocycles. The molecular weight excluding hydrogens is 329 g/mol. The highest BCUT2D eigenvalue weighted by atomic mass is 35.5. The Balaban J connectivity index is 0.00000192. The molecule has 4 nitrogen and oxygen atoms in total. The lowest BCUT2D eigenvalue weighted by Gasteiger charge is -2.09. The second-order valence-electron chi connectivity index (χ2n) is 4.64. The zero-order chi connectivity index (χ0) is 15.7. The van der Waals surface area contributed by atoms with E-state index in [9.17, 15) is 13.2 Å². The van der Waals surface area contributed by atoms with E-state index in [1.54, 1.807) is 18.3 Å². The summed E-state index contributed by atoms with van der Waals surface area (Å²) in [7, 11) is 0. The number of pyridine rings is 1. The van der Waals surface area contributed by atoms with Crippen LogP contribution in [-0.4, -0.2) is 15.0 Å². The summed E-state index contributed by atoms with van der Waals surface area (Å²) in [5, 5.41) is 0. The lowest BCUT2D eigenvalue weighted by molar-refractivity contribution is -0.137. The van der Waals surface area contributed by atoms with Crippen LogP contribution in [0, 0.1) is 0 Å². The Morgan fingerprint density at radius 1 is 1.00 bits per heavy atom. The SMILES string of the molecule is Cl.NCc1nc(-c2ccc(C(F)(F)F)cc2)c2ncccc2n1. The number of halogens is 4. The van der Waals surface area contributed by atoms with Crippen molar-refractivity contribution in [2.24, 2.45) is 5.73 Å². The van der Waals surface area contributed by atoms with Gasteiger partial charge in [0.2, 0.25) is 0 Å². The topological polar surface area (TPSA) is 64.7 Å². The number of rotatable bonds is 2. The van der Waals surface area contributed by atoms with Gasteiger partial charge in [0, 0.05) is 11.8 Å². The van der Waals surface area contributed by atoms with Crippen LogP contribution in [0.4, 0.5) is 13.2 Å². The normalized spacial score (nSPS) is 11.3. The standard InChI is InChI=1S/C15H11F3N4.ClH/c16-15(17,18)10-5-3-9(4-6-10)13-14-11(2-1-7-20-14)21-12(8-19)22-13;/h1-7H,8,19H2;1H. The van der Waals surface area contributed by atoms with E-state index in [-0.39, 0.29) is 19.0 Å². The van der Waals surface area contributed by atoms with Crippen LogP contribution >= 0.6 is 12.4 Å². The first-order valence-corrected chi connectivity index (χ1v) is 6.48. The molecule has 0 saturated heterocycles. The van der Waals surface area contributed by atoms with E-state index >= 15 is 0 Å². The number of alkyl halides is 3. The maximum Gasteiger partial charge on any atom is 0.416 e. The Bertz CT molecular complexity index is 819. The molecule has 0 unspecified atom stereocenters. The quantitative estimate of drug-likeness (QED) is 0.774. The highest BCUT2D eigenvalue weighted by molar-refractivity contribution is 5.88. The molecular formula is C15H12ClF3N4. The number of benzene rings is 1. The van der Waals surface area contributed by atoms with Gasteiger partial charge >= 0.3 is 6.18 Å². The molecule has 0 saturated carbocycles. The first kappa shape index (κ1) is 17.1. The predicted octanol–water partition coefficient (Wildman–Crippen LogP) is 3.59. The van der Waals surface area contributed by atoms with Crippen molar-refractivity contribution in [3.8, 4) is 11.3 Å². The summed E-state index contributed by atoms with van der Waals surface area (Å²) in [5.41, 5.74) is 7.01. The number of nitrogens with zero attached hydrogens (tertiary/aromatic N) is 3. The first-order valence-electron chi connectivity index (χ1n) is 6.48. The maximum atomic E-state index is 12.6. The van der Waals surface area contributed by atoms with Gasteiger partial charge in [-0.2, -0.15) is 13.2 Å². The maximum absolute atomic E-state index is 12.6. The molecule has 0 aliphatic rings. The van der Waals surface area contributed by atoms with Crippen LogP contribution < -0.4 is 5.73 Å². The van der Waals surface area contributed by atoms with E-state index in [1.165, 1.54) is 12.1 Å². The van der Waals surface area contributed by atoms with Crippen LogP contribution in [0.2, 0.25) is 0 Å². The number of fused-ring (bicyclic) bond motifs is 1. The van der Waals surface area contributed by atoms with Crippen LogP contribution in [0.5, 0.6) is 0 Å². The van der Waals surface area contributed by atoms with Crippen LogP contribution in [-0.2, 0) is 12.7 Å². The van der Waals surface area contributed by atoms with E-state index in [4.69, 9.17) is 5.73 Å². The van der Waals surface area contributed by atoms with Crippen molar-refractivity contribution in [1.82, 2.24) is 15.0 Å². The molecule has 0 atom stereocenters. The zero-order valence-electron chi connectivity index (χ0n) is 11.7. The number of hydrogen-bond donors (Lipinski definition) is 1. The fraction of sp³-hybridized carbons (Fsp3) is 0.133. The summed E-state index contributed by atoms with van der Waals surface area (Å²) >= 11 is 0. The van der Waals surface area contributed by atoms with Crippen molar-refractivity contribution in [3.63, 3.8) is 0 Å². The molecule has 2 N–H and O–H groups in total. The lowest BCUT2D eigenvalue weighted by atomic mass is 10.1. The lowest BCUT2D eigenvalue weighted by Crippen LogP contribution is -2.06. The van der Waals surface area contributed by atoms with Crippen molar-refractivity contribution in [2.75, 3.05) is 0 Å². The predicted molar refractivity (Wildman–Crippen MR) is 82.9 cm³/mol. The Hall–Kier alpha value is -2.25. The summed E-state index contributed by atoms with van der Waals surface area (Å²) in [5.74, 6) is 0.412. The van der Waals surface area contributed by atoms with Gasteiger partial charge in [-0.15, -0.1) is 12.4 Å². The third-order valence-corrected chi connectivity index (χ3v) is 3.17. The second-order valence-corrected chi connectivity index (χ2v) is 4.64. The largest absolute Gasteiger partial charge is 0.416 e. The summed E-state index contributed by atoms with van der Waals surface area (Å²) < 4.78 is 37.9. The molecule has 0 spiro atoms. The number of hydrogen-bond acceptors (Lipinski definition) is 4. The van der Waals surface area contributed by atoms with Gasteiger partial charge in [-0.25, -0.2) is 9.97 Å². The average molecular weight is 341 g/mol. The highest BCUT2D eigenvalue weighted by Crippen LogP contribution is 2.31. The van der Waals surface area contributed by atoms with E-state index < -0.39 is 11.7 Å². The minimum atomic E-state index is -4.37. The Morgan fingerprint density at radius 3 is 2.30 bits per heavy atom. The van der Waals surface area contributed by atoms with E-state index in [1.807, 2.05) is 0 Å². The third kappa shape index (κ3) is 3.40. The fourth-order valence-electron chi connectivity index (χ4n) is 2.13. The van der Waals surface area contributed by atoms with Crippen molar-refractivity contribution >= 4 is 23.4 Å². The van der Waals surface area contributed by atoms with Gasteiger partial charge in [0.25, 0.3) is 0 Å².